The monoisotopic (exact) mass is 455 g/mol. The summed E-state index contributed by atoms with van der Waals surface area (Å²) in [5.41, 5.74) is 0.760. The maximum atomic E-state index is 13.2. The lowest BCUT2D eigenvalue weighted by molar-refractivity contribution is -0.385. The highest BCUT2D eigenvalue weighted by atomic mass is 16.6. The summed E-state index contributed by atoms with van der Waals surface area (Å²) in [7, 11) is 1.91. The number of urea groups is 1. The van der Waals surface area contributed by atoms with E-state index in [1.807, 2.05) is 11.9 Å². The first kappa shape index (κ1) is 22.8. The molecule has 0 spiro atoms. The summed E-state index contributed by atoms with van der Waals surface area (Å²) in [6.45, 7) is 1.28. The molecule has 3 aliphatic rings. The highest BCUT2D eigenvalue weighted by molar-refractivity contribution is 6.14. The van der Waals surface area contributed by atoms with Crippen LogP contribution in [0.15, 0.2) is 23.9 Å². The van der Waals surface area contributed by atoms with Gasteiger partial charge in [0.25, 0.3) is 11.6 Å². The molecule has 176 valence electrons. The molecule has 1 aromatic rings. The summed E-state index contributed by atoms with van der Waals surface area (Å²) in [4.78, 5) is 51.5. The van der Waals surface area contributed by atoms with E-state index in [1.54, 1.807) is 12.1 Å². The highest BCUT2D eigenvalue weighted by Crippen LogP contribution is 2.31. The Kier molecular flexibility index (Phi) is 6.62. The van der Waals surface area contributed by atoms with Gasteiger partial charge in [-0.25, -0.2) is 4.79 Å². The Morgan fingerprint density at radius 2 is 1.91 bits per heavy atom. The molecule has 33 heavy (non-hydrogen) atoms. The van der Waals surface area contributed by atoms with Crippen LogP contribution < -0.4 is 15.5 Å². The van der Waals surface area contributed by atoms with Gasteiger partial charge in [0, 0.05) is 37.9 Å². The number of nitrogens with one attached hydrogen (secondary N) is 2. The molecule has 4 amide bonds. The fourth-order valence-corrected chi connectivity index (χ4v) is 5.01. The van der Waals surface area contributed by atoms with E-state index in [0.29, 0.717) is 12.6 Å². The first-order valence-corrected chi connectivity index (χ1v) is 11.5. The standard InChI is InChI=1S/C23H29N5O5/c1-26(17-7-3-2-4-8-17)22(30)15-6-5-11-27(14-15)18-9-10-20(28(32)33)16(12-18)13-19-21(29)25-23(31)24-19/h9-10,12-13,15,17H,2-8,11,14H2,1H3,(H2,24,25,29,31). The molecule has 1 saturated carbocycles. The van der Waals surface area contributed by atoms with Gasteiger partial charge in [-0.3, -0.25) is 25.0 Å². The zero-order valence-corrected chi connectivity index (χ0v) is 18.7. The summed E-state index contributed by atoms with van der Waals surface area (Å²) < 4.78 is 0. The molecule has 0 aromatic heterocycles. The van der Waals surface area contributed by atoms with E-state index in [0.717, 1.165) is 37.9 Å². The van der Waals surface area contributed by atoms with Gasteiger partial charge in [-0.1, -0.05) is 19.3 Å². The minimum absolute atomic E-state index is 0.0407. The third kappa shape index (κ3) is 4.99. The molecular weight excluding hydrogens is 426 g/mol. The average molecular weight is 456 g/mol. The summed E-state index contributed by atoms with van der Waals surface area (Å²) in [5, 5.41) is 16.0. The zero-order valence-electron chi connectivity index (χ0n) is 18.7. The Bertz CT molecular complexity index is 1000. The van der Waals surface area contributed by atoms with Crippen LogP contribution in [0.3, 0.4) is 0 Å². The second-order valence-electron chi connectivity index (χ2n) is 8.99. The number of carbonyl (C=O) groups excluding carboxylic acids is 3. The molecule has 1 aromatic carbocycles. The van der Waals surface area contributed by atoms with Crippen LogP contribution in [-0.2, 0) is 9.59 Å². The Balaban J connectivity index is 1.54. The van der Waals surface area contributed by atoms with Gasteiger partial charge in [0.05, 0.1) is 16.4 Å². The van der Waals surface area contributed by atoms with Crippen LogP contribution in [0.25, 0.3) is 6.08 Å². The van der Waals surface area contributed by atoms with E-state index in [4.69, 9.17) is 0 Å². The van der Waals surface area contributed by atoms with Crippen molar-refractivity contribution < 1.29 is 19.3 Å². The van der Waals surface area contributed by atoms with Crippen LogP contribution >= 0.6 is 0 Å². The van der Waals surface area contributed by atoms with E-state index in [2.05, 4.69) is 15.5 Å². The first-order chi connectivity index (χ1) is 15.8. The van der Waals surface area contributed by atoms with Crippen LogP contribution in [0.2, 0.25) is 0 Å². The fourth-order valence-electron chi connectivity index (χ4n) is 5.01. The number of benzene rings is 1. The van der Waals surface area contributed by atoms with Gasteiger partial charge in [0.2, 0.25) is 5.91 Å². The molecule has 2 saturated heterocycles. The maximum absolute atomic E-state index is 13.2. The quantitative estimate of drug-likeness (QED) is 0.304. The lowest BCUT2D eigenvalue weighted by Crippen LogP contribution is -2.47. The Morgan fingerprint density at radius 3 is 2.58 bits per heavy atom. The fraction of sp³-hybridized carbons (Fsp3) is 0.522. The van der Waals surface area contributed by atoms with Crippen molar-refractivity contribution in [3.05, 3.63) is 39.6 Å². The summed E-state index contributed by atoms with van der Waals surface area (Å²) >= 11 is 0. The van der Waals surface area contributed by atoms with E-state index >= 15 is 0 Å². The lowest BCUT2D eigenvalue weighted by Gasteiger charge is -2.38. The summed E-state index contributed by atoms with van der Waals surface area (Å²) in [6, 6.07) is 4.36. The number of carbonyl (C=O) groups is 3. The molecule has 4 rings (SSSR count). The van der Waals surface area contributed by atoms with Gasteiger partial charge < -0.3 is 15.1 Å². The molecular formula is C23H29N5O5. The predicted octanol–water partition coefficient (Wildman–Crippen LogP) is 2.78. The molecule has 3 fully saturated rings. The number of rotatable bonds is 5. The molecule has 2 heterocycles. The largest absolute Gasteiger partial charge is 0.371 e. The SMILES string of the molecule is CN(C(=O)C1CCCN(c2ccc([N+](=O)[O-])c(C=C3NC(=O)NC3=O)c2)C1)C1CCCCC1. The highest BCUT2D eigenvalue weighted by Gasteiger charge is 2.32. The minimum atomic E-state index is -0.662. The van der Waals surface area contributed by atoms with Crippen molar-refractivity contribution in [3.63, 3.8) is 0 Å². The van der Waals surface area contributed by atoms with Crippen LogP contribution in [0.4, 0.5) is 16.2 Å². The van der Waals surface area contributed by atoms with Gasteiger partial charge in [-0.2, -0.15) is 0 Å². The van der Waals surface area contributed by atoms with Crippen molar-refractivity contribution in [3.8, 4) is 0 Å². The van der Waals surface area contributed by atoms with Crippen molar-refractivity contribution in [2.24, 2.45) is 5.92 Å². The molecule has 10 heteroatoms. The molecule has 1 atom stereocenters. The van der Waals surface area contributed by atoms with E-state index in [1.165, 1.54) is 31.4 Å². The van der Waals surface area contributed by atoms with Gasteiger partial charge in [-0.05, 0) is 43.9 Å². The molecule has 0 bridgehead atoms. The van der Waals surface area contributed by atoms with Crippen molar-refractivity contribution in [1.29, 1.82) is 0 Å². The third-order valence-corrected chi connectivity index (χ3v) is 6.83. The van der Waals surface area contributed by atoms with Gasteiger partial charge in [-0.15, -0.1) is 0 Å². The van der Waals surface area contributed by atoms with E-state index < -0.39 is 16.9 Å². The number of imide groups is 1. The summed E-state index contributed by atoms with van der Waals surface area (Å²) in [6.07, 6.45) is 8.66. The second kappa shape index (κ2) is 9.60. The van der Waals surface area contributed by atoms with E-state index in [9.17, 15) is 24.5 Å². The van der Waals surface area contributed by atoms with Gasteiger partial charge >= 0.3 is 6.03 Å². The van der Waals surface area contributed by atoms with E-state index in [-0.39, 0.29) is 28.8 Å². The Labute approximate surface area is 192 Å². The lowest BCUT2D eigenvalue weighted by atomic mass is 9.91. The Hall–Kier alpha value is -3.43. The Morgan fingerprint density at radius 1 is 1.15 bits per heavy atom. The number of piperidine rings is 1. The number of nitro groups is 1. The van der Waals surface area contributed by atoms with Crippen LogP contribution in [-0.4, -0.2) is 53.8 Å². The van der Waals surface area contributed by atoms with Crippen molar-refractivity contribution in [2.45, 2.75) is 51.0 Å². The molecule has 1 aliphatic carbocycles. The second-order valence-corrected chi connectivity index (χ2v) is 8.99. The zero-order chi connectivity index (χ0) is 23.5. The predicted molar refractivity (Wildman–Crippen MR) is 122 cm³/mol. The van der Waals surface area contributed by atoms with Crippen molar-refractivity contribution in [2.75, 3.05) is 25.0 Å². The number of hydrogen-bond acceptors (Lipinski definition) is 6. The van der Waals surface area contributed by atoms with Crippen molar-refractivity contribution in [1.82, 2.24) is 15.5 Å². The molecule has 2 aliphatic heterocycles. The van der Waals surface area contributed by atoms with Crippen LogP contribution in [0.1, 0.15) is 50.5 Å². The van der Waals surface area contributed by atoms with Gasteiger partial charge in [0.1, 0.15) is 5.70 Å². The van der Waals surface area contributed by atoms with Gasteiger partial charge in [0.15, 0.2) is 0 Å². The first-order valence-electron chi connectivity index (χ1n) is 11.5. The number of nitro benzene ring substituents is 1. The maximum Gasteiger partial charge on any atom is 0.326 e. The van der Waals surface area contributed by atoms with Crippen molar-refractivity contribution >= 4 is 35.3 Å². The minimum Gasteiger partial charge on any atom is -0.371 e. The third-order valence-electron chi connectivity index (χ3n) is 6.83. The topological polar surface area (TPSA) is 125 Å². The number of anilines is 1. The molecule has 2 N–H and O–H groups in total. The normalized spacial score (nSPS) is 22.8. The average Bonchev–Trinajstić information content (AvgIpc) is 3.14. The summed E-state index contributed by atoms with van der Waals surface area (Å²) in [5.74, 6) is -0.585. The van der Waals surface area contributed by atoms with Crippen LogP contribution in [0.5, 0.6) is 0 Å². The smallest absolute Gasteiger partial charge is 0.326 e. The molecule has 0 radical (unpaired) electrons. The molecule has 10 nitrogen and oxygen atoms in total. The number of amides is 4. The number of hydrogen-bond donors (Lipinski definition) is 2. The van der Waals surface area contributed by atoms with Crippen LogP contribution in [0, 0.1) is 16.0 Å². The molecule has 1 unspecified atom stereocenters. The number of nitrogens with zero attached hydrogens (tertiary/aromatic N) is 3.